The number of nitrogens with one attached hydrogen (secondary N) is 1. The fourth-order valence-electron chi connectivity index (χ4n) is 3.23. The van der Waals surface area contributed by atoms with Crippen molar-refractivity contribution in [1.29, 1.82) is 5.26 Å². The number of aromatic nitrogens is 3. The van der Waals surface area contributed by atoms with Crippen molar-refractivity contribution in [2.24, 2.45) is 0 Å². The zero-order valence-electron chi connectivity index (χ0n) is 16.6. The highest BCUT2D eigenvalue weighted by atomic mass is 16.5. The van der Waals surface area contributed by atoms with E-state index in [1.54, 1.807) is 29.1 Å². The number of carbonyl (C=O) groups excluding carboxylic acids is 1. The Hall–Kier alpha value is -4.18. The Kier molecular flexibility index (Phi) is 5.14. The molecule has 1 N–H and O–H groups in total. The molecule has 0 aliphatic heterocycles. The molecule has 0 spiro atoms. The van der Waals surface area contributed by atoms with Gasteiger partial charge < -0.3 is 10.1 Å². The number of carbonyl (C=O) groups is 1. The van der Waals surface area contributed by atoms with Crippen LogP contribution in [-0.2, 0) is 6.54 Å². The highest BCUT2D eigenvalue weighted by Crippen LogP contribution is 2.24. The number of methoxy groups -OCH3 is 1. The molecule has 4 rings (SSSR count). The van der Waals surface area contributed by atoms with Gasteiger partial charge in [-0.25, -0.2) is 4.98 Å². The fraction of sp³-hybridized carbons (Fsp3) is 0.130. The van der Waals surface area contributed by atoms with Gasteiger partial charge in [0.15, 0.2) is 0 Å². The number of nitriles is 1. The summed E-state index contributed by atoms with van der Waals surface area (Å²) in [6, 6.07) is 18.5. The first-order chi connectivity index (χ1) is 14.6. The molecular formula is C23H19N5O2. The van der Waals surface area contributed by atoms with Crippen LogP contribution in [0.25, 0.3) is 10.9 Å². The zero-order chi connectivity index (χ0) is 21.1. The van der Waals surface area contributed by atoms with Gasteiger partial charge in [-0.1, -0.05) is 30.3 Å². The van der Waals surface area contributed by atoms with Gasteiger partial charge in [0, 0.05) is 17.6 Å². The number of hydrogen-bond acceptors (Lipinski definition) is 5. The van der Waals surface area contributed by atoms with E-state index in [9.17, 15) is 4.79 Å². The molecule has 1 amide bonds. The number of benzene rings is 2. The number of amides is 1. The molecule has 0 radical (unpaired) electrons. The van der Waals surface area contributed by atoms with Crippen LogP contribution in [-0.4, -0.2) is 27.8 Å². The smallest absolute Gasteiger partial charge is 0.256 e. The summed E-state index contributed by atoms with van der Waals surface area (Å²) in [7, 11) is 1.52. The van der Waals surface area contributed by atoms with Crippen LogP contribution in [0.3, 0.4) is 0 Å². The van der Waals surface area contributed by atoms with Gasteiger partial charge in [0.05, 0.1) is 47.7 Å². The van der Waals surface area contributed by atoms with Crippen molar-refractivity contribution in [3.05, 3.63) is 83.2 Å². The lowest BCUT2D eigenvalue weighted by Gasteiger charge is -2.09. The summed E-state index contributed by atoms with van der Waals surface area (Å²) in [6.45, 7) is 2.38. The summed E-state index contributed by atoms with van der Waals surface area (Å²) in [5, 5.41) is 17.1. The zero-order valence-corrected chi connectivity index (χ0v) is 16.6. The lowest BCUT2D eigenvalue weighted by Crippen LogP contribution is -2.13. The minimum Gasteiger partial charge on any atom is -0.481 e. The maximum Gasteiger partial charge on any atom is 0.256 e. The van der Waals surface area contributed by atoms with Gasteiger partial charge in [-0.15, -0.1) is 0 Å². The predicted octanol–water partition coefficient (Wildman–Crippen LogP) is 3.92. The fourth-order valence-corrected chi connectivity index (χ4v) is 3.23. The molecule has 7 nitrogen and oxygen atoms in total. The van der Waals surface area contributed by atoms with Gasteiger partial charge in [0.2, 0.25) is 5.88 Å². The number of hydrogen-bond donors (Lipinski definition) is 1. The summed E-state index contributed by atoms with van der Waals surface area (Å²) in [4.78, 5) is 17.4. The molecule has 0 aliphatic rings. The molecule has 0 saturated heterocycles. The third-order valence-electron chi connectivity index (χ3n) is 4.77. The topological polar surface area (TPSA) is 92.8 Å². The van der Waals surface area contributed by atoms with Gasteiger partial charge >= 0.3 is 0 Å². The van der Waals surface area contributed by atoms with Crippen LogP contribution in [0.1, 0.15) is 27.2 Å². The van der Waals surface area contributed by atoms with Crippen LogP contribution in [0.4, 0.5) is 5.69 Å². The minimum atomic E-state index is -0.257. The predicted molar refractivity (Wildman–Crippen MR) is 113 cm³/mol. The number of pyridine rings is 1. The van der Waals surface area contributed by atoms with Crippen LogP contribution < -0.4 is 10.1 Å². The van der Waals surface area contributed by atoms with Crippen LogP contribution in [0.2, 0.25) is 0 Å². The molecule has 2 aromatic carbocycles. The summed E-state index contributed by atoms with van der Waals surface area (Å²) >= 11 is 0. The Bertz CT molecular complexity index is 1270. The number of para-hydroxylation sites is 1. The molecule has 0 atom stereocenters. The van der Waals surface area contributed by atoms with E-state index in [1.807, 2.05) is 43.3 Å². The maximum absolute atomic E-state index is 13.0. The molecule has 148 valence electrons. The van der Waals surface area contributed by atoms with Gasteiger partial charge in [-0.05, 0) is 30.7 Å². The van der Waals surface area contributed by atoms with E-state index in [2.05, 4.69) is 21.5 Å². The lowest BCUT2D eigenvalue weighted by atomic mass is 10.1. The number of fused-ring (bicyclic) bond motifs is 1. The second-order valence-corrected chi connectivity index (χ2v) is 6.82. The lowest BCUT2D eigenvalue weighted by molar-refractivity contribution is 0.102. The number of anilines is 1. The van der Waals surface area contributed by atoms with Crippen LogP contribution in [0, 0.1) is 18.3 Å². The largest absolute Gasteiger partial charge is 0.481 e. The monoisotopic (exact) mass is 397 g/mol. The maximum atomic E-state index is 13.0. The first kappa shape index (κ1) is 19.2. The number of rotatable bonds is 5. The van der Waals surface area contributed by atoms with Gasteiger partial charge in [-0.3, -0.25) is 9.48 Å². The number of aryl methyl sites for hydroxylation is 1. The average Bonchev–Trinajstić information content (AvgIpc) is 3.11. The van der Waals surface area contributed by atoms with Gasteiger partial charge in [-0.2, -0.15) is 10.4 Å². The van der Waals surface area contributed by atoms with Crippen molar-refractivity contribution in [1.82, 2.24) is 14.8 Å². The average molecular weight is 397 g/mol. The molecule has 30 heavy (non-hydrogen) atoms. The van der Waals surface area contributed by atoms with E-state index in [0.29, 0.717) is 40.4 Å². The molecule has 4 aromatic rings. The van der Waals surface area contributed by atoms with Crippen molar-refractivity contribution < 1.29 is 9.53 Å². The van der Waals surface area contributed by atoms with Crippen LogP contribution in [0.15, 0.2) is 60.8 Å². The van der Waals surface area contributed by atoms with Crippen molar-refractivity contribution in [2.75, 3.05) is 12.4 Å². The molecule has 0 fully saturated rings. The van der Waals surface area contributed by atoms with E-state index in [1.165, 1.54) is 7.11 Å². The van der Waals surface area contributed by atoms with E-state index in [-0.39, 0.29) is 5.91 Å². The minimum absolute atomic E-state index is 0.257. The number of nitrogens with zero attached hydrogens (tertiary/aromatic N) is 4. The first-order valence-electron chi connectivity index (χ1n) is 9.35. The Morgan fingerprint density at radius 3 is 2.70 bits per heavy atom. The summed E-state index contributed by atoms with van der Waals surface area (Å²) < 4.78 is 7.01. The highest BCUT2D eigenvalue weighted by Gasteiger charge is 2.16. The van der Waals surface area contributed by atoms with Crippen LogP contribution >= 0.6 is 0 Å². The summed E-state index contributed by atoms with van der Waals surface area (Å²) in [5.74, 6) is 0.125. The van der Waals surface area contributed by atoms with E-state index < -0.39 is 0 Å². The molecule has 0 aliphatic carbocycles. The molecule has 0 saturated carbocycles. The molecule has 0 bridgehead atoms. The standard InChI is InChI=1S/C23H19N5O2/c1-15-21(14-28(27-15)13-17-9-7-16(12-24)8-10-17)26-23(29)19-11-22(30-2)25-20-6-4-3-5-18(19)20/h3-11,14H,13H2,1-2H3,(H,26,29). The quantitative estimate of drug-likeness (QED) is 0.551. The second kappa shape index (κ2) is 8.05. The van der Waals surface area contributed by atoms with Crippen molar-refractivity contribution in [3.8, 4) is 11.9 Å². The Balaban J connectivity index is 1.58. The third kappa shape index (κ3) is 3.84. The Morgan fingerprint density at radius 1 is 1.20 bits per heavy atom. The van der Waals surface area contributed by atoms with Crippen molar-refractivity contribution >= 4 is 22.5 Å². The molecule has 7 heteroatoms. The highest BCUT2D eigenvalue weighted by molar-refractivity contribution is 6.12. The third-order valence-corrected chi connectivity index (χ3v) is 4.77. The van der Waals surface area contributed by atoms with E-state index >= 15 is 0 Å². The summed E-state index contributed by atoms with van der Waals surface area (Å²) in [5.41, 5.74) is 4.14. The first-order valence-corrected chi connectivity index (χ1v) is 9.35. The molecule has 0 unspecified atom stereocenters. The molecule has 2 aromatic heterocycles. The Labute approximate surface area is 173 Å². The summed E-state index contributed by atoms with van der Waals surface area (Å²) in [6.07, 6.45) is 1.80. The van der Waals surface area contributed by atoms with E-state index in [0.717, 1.165) is 10.9 Å². The van der Waals surface area contributed by atoms with Crippen LogP contribution in [0.5, 0.6) is 5.88 Å². The second-order valence-electron chi connectivity index (χ2n) is 6.82. The normalized spacial score (nSPS) is 10.6. The van der Waals surface area contributed by atoms with Crippen molar-refractivity contribution in [2.45, 2.75) is 13.5 Å². The van der Waals surface area contributed by atoms with Gasteiger partial charge in [0.1, 0.15) is 0 Å². The van der Waals surface area contributed by atoms with Crippen molar-refractivity contribution in [3.63, 3.8) is 0 Å². The SMILES string of the molecule is COc1cc(C(=O)Nc2cn(Cc3ccc(C#N)cc3)nc2C)c2ccccc2n1. The van der Waals surface area contributed by atoms with Gasteiger partial charge in [0.25, 0.3) is 5.91 Å². The number of ether oxygens (including phenoxy) is 1. The Morgan fingerprint density at radius 2 is 1.97 bits per heavy atom. The molecular weight excluding hydrogens is 378 g/mol. The van der Waals surface area contributed by atoms with E-state index in [4.69, 9.17) is 10.00 Å². The molecule has 2 heterocycles.